The van der Waals surface area contributed by atoms with Gasteiger partial charge in [0.15, 0.2) is 5.71 Å². The van der Waals surface area contributed by atoms with Crippen LogP contribution in [0.25, 0.3) is 0 Å². The number of rotatable bonds is 4. The van der Waals surface area contributed by atoms with E-state index in [1.165, 1.54) is 18.3 Å². The van der Waals surface area contributed by atoms with Crippen LogP contribution in [0.5, 0.6) is 0 Å². The second-order valence-corrected chi connectivity index (χ2v) is 4.97. The summed E-state index contributed by atoms with van der Waals surface area (Å²) in [5.74, 6) is -0.518. The lowest BCUT2D eigenvalue weighted by atomic mass is 10.1. The first kappa shape index (κ1) is 14.8. The van der Waals surface area contributed by atoms with Crippen molar-refractivity contribution in [2.24, 2.45) is 10.2 Å². The summed E-state index contributed by atoms with van der Waals surface area (Å²) >= 11 is 0. The van der Waals surface area contributed by atoms with Gasteiger partial charge < -0.3 is 4.90 Å². The largest absolute Gasteiger partial charge is 0.302 e. The van der Waals surface area contributed by atoms with Gasteiger partial charge in [-0.05, 0) is 23.8 Å². The van der Waals surface area contributed by atoms with Gasteiger partial charge in [-0.3, -0.25) is 4.79 Å². The van der Waals surface area contributed by atoms with Gasteiger partial charge in [-0.2, -0.15) is 5.10 Å². The molecular weight excluding hydrogens is 293 g/mol. The molecule has 0 aliphatic carbocycles. The SMILES string of the molecule is C=CCN1C(=O)C(=NN=Cc2ccc(F)cc2)c2ccccc21. The third-order valence-electron chi connectivity index (χ3n) is 3.44. The van der Waals surface area contributed by atoms with Crippen LogP contribution < -0.4 is 4.90 Å². The Balaban J connectivity index is 1.91. The molecule has 1 heterocycles. The summed E-state index contributed by atoms with van der Waals surface area (Å²) in [6.07, 6.45) is 3.15. The van der Waals surface area contributed by atoms with Gasteiger partial charge >= 0.3 is 0 Å². The molecule has 0 saturated carbocycles. The van der Waals surface area contributed by atoms with Crippen molar-refractivity contribution in [3.8, 4) is 0 Å². The van der Waals surface area contributed by atoms with E-state index in [9.17, 15) is 9.18 Å². The highest BCUT2D eigenvalue weighted by Crippen LogP contribution is 2.28. The molecule has 0 N–H and O–H groups in total. The van der Waals surface area contributed by atoms with E-state index in [1.807, 2.05) is 24.3 Å². The molecule has 0 fully saturated rings. The number of halogens is 1. The number of nitrogens with zero attached hydrogens (tertiary/aromatic N) is 3. The molecule has 3 rings (SSSR count). The Kier molecular flexibility index (Phi) is 4.10. The van der Waals surface area contributed by atoms with E-state index in [0.29, 0.717) is 17.8 Å². The van der Waals surface area contributed by atoms with Gasteiger partial charge in [0.2, 0.25) is 0 Å². The first-order valence-corrected chi connectivity index (χ1v) is 7.09. The van der Waals surface area contributed by atoms with Crippen LogP contribution in [0.3, 0.4) is 0 Å². The Morgan fingerprint density at radius 3 is 2.61 bits per heavy atom. The normalized spacial score (nSPS) is 15.4. The van der Waals surface area contributed by atoms with Crippen molar-refractivity contribution in [3.05, 3.63) is 78.1 Å². The van der Waals surface area contributed by atoms with Crippen molar-refractivity contribution in [3.63, 3.8) is 0 Å². The Morgan fingerprint density at radius 1 is 1.13 bits per heavy atom. The molecule has 1 aliphatic heterocycles. The molecule has 0 spiro atoms. The van der Waals surface area contributed by atoms with Crippen molar-refractivity contribution in [1.29, 1.82) is 0 Å². The van der Waals surface area contributed by atoms with E-state index < -0.39 is 0 Å². The lowest BCUT2D eigenvalue weighted by Gasteiger charge is -2.13. The van der Waals surface area contributed by atoms with Crippen molar-refractivity contribution >= 4 is 23.5 Å². The lowest BCUT2D eigenvalue weighted by Crippen LogP contribution is -2.30. The number of hydrogen-bond acceptors (Lipinski definition) is 3. The zero-order valence-electron chi connectivity index (χ0n) is 12.3. The molecule has 0 atom stereocenters. The second-order valence-electron chi connectivity index (χ2n) is 4.97. The molecule has 114 valence electrons. The van der Waals surface area contributed by atoms with Crippen molar-refractivity contribution in [2.75, 3.05) is 11.4 Å². The van der Waals surface area contributed by atoms with Gasteiger partial charge in [-0.15, -0.1) is 11.7 Å². The minimum Gasteiger partial charge on any atom is -0.302 e. The van der Waals surface area contributed by atoms with Crippen LogP contribution >= 0.6 is 0 Å². The zero-order valence-corrected chi connectivity index (χ0v) is 12.3. The van der Waals surface area contributed by atoms with Gasteiger partial charge in [0, 0.05) is 12.1 Å². The van der Waals surface area contributed by atoms with Gasteiger partial charge in [0.1, 0.15) is 5.82 Å². The predicted octanol–water partition coefficient (Wildman–Crippen LogP) is 3.18. The molecule has 1 amide bonds. The topological polar surface area (TPSA) is 45.0 Å². The zero-order chi connectivity index (χ0) is 16.2. The third kappa shape index (κ3) is 2.94. The standard InChI is InChI=1S/C18H14FN3O/c1-2-11-22-16-6-4-3-5-15(16)17(18(22)23)21-20-12-13-7-9-14(19)10-8-13/h2-10,12H,1,11H2. The smallest absolute Gasteiger partial charge is 0.279 e. The Hall–Kier alpha value is -3.08. The molecule has 0 bridgehead atoms. The number of carbonyl (C=O) groups is 1. The van der Waals surface area contributed by atoms with Crippen LogP contribution in [0.15, 0.2) is 71.4 Å². The fourth-order valence-electron chi connectivity index (χ4n) is 2.37. The quantitative estimate of drug-likeness (QED) is 0.486. The van der Waals surface area contributed by atoms with Crippen LogP contribution in [-0.4, -0.2) is 24.4 Å². The van der Waals surface area contributed by atoms with Gasteiger partial charge in [0.05, 0.1) is 11.9 Å². The monoisotopic (exact) mass is 307 g/mol. The van der Waals surface area contributed by atoms with Crippen LogP contribution in [0, 0.1) is 5.82 Å². The summed E-state index contributed by atoms with van der Waals surface area (Å²) in [6.45, 7) is 4.08. The van der Waals surface area contributed by atoms with Gasteiger partial charge in [-0.1, -0.05) is 36.4 Å². The Labute approximate surface area is 133 Å². The van der Waals surface area contributed by atoms with Crippen molar-refractivity contribution in [1.82, 2.24) is 0 Å². The maximum absolute atomic E-state index is 12.9. The van der Waals surface area contributed by atoms with Crippen LogP contribution in [0.1, 0.15) is 11.1 Å². The first-order valence-electron chi connectivity index (χ1n) is 7.09. The van der Waals surface area contributed by atoms with E-state index in [1.54, 1.807) is 23.1 Å². The molecule has 0 unspecified atom stereocenters. The summed E-state index contributed by atoms with van der Waals surface area (Å²) in [4.78, 5) is 14.1. The van der Waals surface area contributed by atoms with E-state index >= 15 is 0 Å². The van der Waals surface area contributed by atoms with E-state index in [-0.39, 0.29) is 11.7 Å². The van der Waals surface area contributed by atoms with Crippen LogP contribution in [0.2, 0.25) is 0 Å². The molecule has 1 aliphatic rings. The molecule has 0 radical (unpaired) electrons. The highest BCUT2D eigenvalue weighted by atomic mass is 19.1. The molecule has 4 nitrogen and oxygen atoms in total. The average molecular weight is 307 g/mol. The average Bonchev–Trinajstić information content (AvgIpc) is 2.83. The summed E-state index contributed by atoms with van der Waals surface area (Å²) in [6, 6.07) is 13.3. The second kappa shape index (κ2) is 6.36. The molecule has 2 aromatic rings. The van der Waals surface area contributed by atoms with Gasteiger partial charge in [-0.25, -0.2) is 4.39 Å². The summed E-state index contributed by atoms with van der Waals surface area (Å²) in [5, 5.41) is 8.03. The lowest BCUT2D eigenvalue weighted by molar-refractivity contribution is -0.112. The summed E-state index contributed by atoms with van der Waals surface area (Å²) < 4.78 is 12.9. The number of para-hydroxylation sites is 1. The highest BCUT2D eigenvalue weighted by molar-refractivity contribution is 6.54. The molecule has 23 heavy (non-hydrogen) atoms. The Morgan fingerprint density at radius 2 is 1.87 bits per heavy atom. The number of amides is 1. The van der Waals surface area contributed by atoms with Gasteiger partial charge in [0.25, 0.3) is 5.91 Å². The third-order valence-corrected chi connectivity index (χ3v) is 3.44. The molecule has 0 saturated heterocycles. The highest BCUT2D eigenvalue weighted by Gasteiger charge is 2.32. The maximum atomic E-state index is 12.9. The van der Waals surface area contributed by atoms with E-state index in [2.05, 4.69) is 16.8 Å². The number of carbonyl (C=O) groups excluding carboxylic acids is 1. The minimum absolute atomic E-state index is 0.206. The number of benzene rings is 2. The molecule has 2 aromatic carbocycles. The van der Waals surface area contributed by atoms with E-state index in [0.717, 1.165) is 11.3 Å². The van der Waals surface area contributed by atoms with Crippen LogP contribution in [0.4, 0.5) is 10.1 Å². The first-order chi connectivity index (χ1) is 11.2. The minimum atomic E-state index is -0.312. The molecule has 5 heteroatoms. The Bertz CT molecular complexity index is 809. The molecule has 0 aromatic heterocycles. The number of hydrogen-bond donors (Lipinski definition) is 0. The summed E-state index contributed by atoms with van der Waals surface area (Å²) in [5.41, 5.74) is 2.54. The van der Waals surface area contributed by atoms with Crippen molar-refractivity contribution in [2.45, 2.75) is 0 Å². The molecular formula is C18H14FN3O. The van der Waals surface area contributed by atoms with Crippen LogP contribution in [-0.2, 0) is 4.79 Å². The fourth-order valence-corrected chi connectivity index (χ4v) is 2.37. The van der Waals surface area contributed by atoms with E-state index in [4.69, 9.17) is 0 Å². The number of fused-ring (bicyclic) bond motifs is 1. The summed E-state index contributed by atoms with van der Waals surface area (Å²) in [7, 11) is 0. The number of anilines is 1. The fraction of sp³-hybridized carbons (Fsp3) is 0.0556. The predicted molar refractivity (Wildman–Crippen MR) is 89.5 cm³/mol. The maximum Gasteiger partial charge on any atom is 0.279 e. The van der Waals surface area contributed by atoms with Crippen molar-refractivity contribution < 1.29 is 9.18 Å².